The first kappa shape index (κ1) is 10.2. The van der Waals surface area contributed by atoms with Crippen LogP contribution < -0.4 is 10.6 Å². The number of nitrogens with zero attached hydrogens (tertiary/aromatic N) is 2. The minimum Gasteiger partial charge on any atom is -0.397 e. The van der Waals surface area contributed by atoms with Crippen LogP contribution in [0.3, 0.4) is 0 Å². The molecule has 2 N–H and O–H groups in total. The van der Waals surface area contributed by atoms with Crippen molar-refractivity contribution in [3.63, 3.8) is 0 Å². The zero-order valence-electron chi connectivity index (χ0n) is 9.18. The molecule has 1 aliphatic rings. The first-order valence-electron chi connectivity index (χ1n) is 5.26. The summed E-state index contributed by atoms with van der Waals surface area (Å²) >= 11 is 0. The summed E-state index contributed by atoms with van der Waals surface area (Å²) in [5, 5.41) is 0. The number of hydrogen-bond donors (Lipinski definition) is 1. The molecule has 0 spiro atoms. The van der Waals surface area contributed by atoms with Crippen LogP contribution in [-0.4, -0.2) is 30.3 Å². The lowest BCUT2D eigenvalue weighted by Crippen LogP contribution is -2.47. The van der Waals surface area contributed by atoms with Gasteiger partial charge in [0, 0.05) is 6.54 Å². The summed E-state index contributed by atoms with van der Waals surface area (Å²) in [6.45, 7) is 5.87. The van der Waals surface area contributed by atoms with Crippen LogP contribution in [0.4, 0.5) is 11.5 Å². The Morgan fingerprint density at radius 3 is 2.93 bits per heavy atom. The number of morpholine rings is 1. The van der Waals surface area contributed by atoms with Gasteiger partial charge < -0.3 is 15.4 Å². The number of hydrogen-bond acceptors (Lipinski definition) is 4. The van der Waals surface area contributed by atoms with Crippen LogP contribution in [0, 0.1) is 0 Å². The van der Waals surface area contributed by atoms with E-state index in [1.54, 1.807) is 6.20 Å². The Kier molecular flexibility index (Phi) is 2.77. The summed E-state index contributed by atoms with van der Waals surface area (Å²) in [4.78, 5) is 6.59. The normalized spacial score (nSPS) is 26.7. The number of nitrogen functional groups attached to an aromatic ring is 1. The van der Waals surface area contributed by atoms with Crippen LogP contribution in [0.5, 0.6) is 0 Å². The summed E-state index contributed by atoms with van der Waals surface area (Å²) in [5.41, 5.74) is 6.31. The van der Waals surface area contributed by atoms with Crippen LogP contribution >= 0.6 is 0 Å². The molecule has 4 heteroatoms. The van der Waals surface area contributed by atoms with Crippen LogP contribution in [0.15, 0.2) is 18.3 Å². The molecule has 0 aromatic carbocycles. The fourth-order valence-electron chi connectivity index (χ4n) is 1.79. The lowest BCUT2D eigenvalue weighted by Gasteiger charge is -2.37. The van der Waals surface area contributed by atoms with Gasteiger partial charge in [-0.2, -0.15) is 0 Å². The molecule has 1 saturated heterocycles. The maximum atomic E-state index is 5.61. The largest absolute Gasteiger partial charge is 0.397 e. The molecule has 0 saturated carbocycles. The van der Waals surface area contributed by atoms with Crippen LogP contribution in [0.1, 0.15) is 13.8 Å². The maximum absolute atomic E-state index is 5.61. The van der Waals surface area contributed by atoms with Crippen molar-refractivity contribution in [3.05, 3.63) is 18.3 Å². The Morgan fingerprint density at radius 2 is 2.27 bits per heavy atom. The average Bonchev–Trinajstić information content (AvgIpc) is 2.23. The highest BCUT2D eigenvalue weighted by Crippen LogP contribution is 2.19. The number of ether oxygens (including phenoxy) is 1. The first-order chi connectivity index (χ1) is 7.16. The van der Waals surface area contributed by atoms with E-state index in [4.69, 9.17) is 10.5 Å². The molecule has 0 bridgehead atoms. The van der Waals surface area contributed by atoms with Crippen molar-refractivity contribution < 1.29 is 4.74 Å². The van der Waals surface area contributed by atoms with Crippen LogP contribution in [-0.2, 0) is 4.74 Å². The molecule has 82 valence electrons. The average molecular weight is 207 g/mol. The highest BCUT2D eigenvalue weighted by atomic mass is 16.5. The Labute approximate surface area is 90.0 Å². The van der Waals surface area contributed by atoms with Gasteiger partial charge in [0.25, 0.3) is 0 Å². The molecule has 1 fully saturated rings. The maximum Gasteiger partial charge on any atom is 0.129 e. The predicted octanol–water partition coefficient (Wildman–Crippen LogP) is 1.28. The summed E-state index contributed by atoms with van der Waals surface area (Å²) in [7, 11) is 0. The zero-order chi connectivity index (χ0) is 10.8. The lowest BCUT2D eigenvalue weighted by molar-refractivity contribution is 0.0340. The Balaban J connectivity index is 2.17. The van der Waals surface area contributed by atoms with E-state index in [0.717, 1.165) is 19.0 Å². The second kappa shape index (κ2) is 4.06. The number of aromatic nitrogens is 1. The van der Waals surface area contributed by atoms with Crippen molar-refractivity contribution in [2.75, 3.05) is 23.8 Å². The van der Waals surface area contributed by atoms with E-state index in [1.165, 1.54) is 0 Å². The van der Waals surface area contributed by atoms with Crippen molar-refractivity contribution in [2.24, 2.45) is 0 Å². The van der Waals surface area contributed by atoms with E-state index in [9.17, 15) is 0 Å². The molecule has 2 atom stereocenters. The third-order valence-electron chi connectivity index (χ3n) is 2.67. The second-order valence-electron chi connectivity index (χ2n) is 4.10. The molecule has 2 unspecified atom stereocenters. The molecule has 15 heavy (non-hydrogen) atoms. The van der Waals surface area contributed by atoms with E-state index in [1.807, 2.05) is 12.1 Å². The molecule has 0 aliphatic carbocycles. The lowest BCUT2D eigenvalue weighted by atomic mass is 10.2. The molecule has 0 amide bonds. The summed E-state index contributed by atoms with van der Waals surface area (Å²) in [6, 6.07) is 4.22. The van der Waals surface area contributed by atoms with Gasteiger partial charge in [-0.25, -0.2) is 4.98 Å². The molecule has 2 heterocycles. The smallest absolute Gasteiger partial charge is 0.129 e. The first-order valence-corrected chi connectivity index (χ1v) is 5.26. The van der Waals surface area contributed by atoms with Gasteiger partial charge in [0.15, 0.2) is 0 Å². The van der Waals surface area contributed by atoms with Crippen molar-refractivity contribution in [2.45, 2.75) is 26.0 Å². The van der Waals surface area contributed by atoms with Gasteiger partial charge in [-0.15, -0.1) is 0 Å². The van der Waals surface area contributed by atoms with Crippen molar-refractivity contribution in [3.8, 4) is 0 Å². The molecule has 4 nitrogen and oxygen atoms in total. The van der Waals surface area contributed by atoms with Gasteiger partial charge in [0.1, 0.15) is 5.82 Å². The van der Waals surface area contributed by atoms with E-state index < -0.39 is 0 Å². The predicted molar refractivity (Wildman–Crippen MR) is 60.9 cm³/mol. The van der Waals surface area contributed by atoms with Gasteiger partial charge in [-0.3, -0.25) is 0 Å². The fraction of sp³-hybridized carbons (Fsp3) is 0.545. The van der Waals surface area contributed by atoms with Gasteiger partial charge in [-0.1, -0.05) is 0 Å². The number of nitrogens with two attached hydrogens (primary N) is 1. The van der Waals surface area contributed by atoms with Crippen LogP contribution in [0.2, 0.25) is 0 Å². The summed E-state index contributed by atoms with van der Waals surface area (Å²) in [5.74, 6) is 0.979. The van der Waals surface area contributed by atoms with Gasteiger partial charge in [0.2, 0.25) is 0 Å². The fourth-order valence-corrected chi connectivity index (χ4v) is 1.79. The number of pyridine rings is 1. The topological polar surface area (TPSA) is 51.4 Å². The van der Waals surface area contributed by atoms with E-state index in [0.29, 0.717) is 11.7 Å². The number of rotatable bonds is 1. The molecule has 0 radical (unpaired) electrons. The van der Waals surface area contributed by atoms with Crippen molar-refractivity contribution in [1.82, 2.24) is 4.98 Å². The third-order valence-corrected chi connectivity index (χ3v) is 2.67. The standard InChI is InChI=1S/C11H17N3O/c1-8-7-15-9(2)6-14(8)11-4-3-10(12)5-13-11/h3-5,8-9H,6-7,12H2,1-2H3. The van der Waals surface area contributed by atoms with E-state index >= 15 is 0 Å². The second-order valence-corrected chi connectivity index (χ2v) is 4.10. The molecule has 1 aromatic rings. The highest BCUT2D eigenvalue weighted by molar-refractivity contribution is 5.46. The van der Waals surface area contributed by atoms with Gasteiger partial charge in [-0.05, 0) is 26.0 Å². The monoisotopic (exact) mass is 207 g/mol. The highest BCUT2D eigenvalue weighted by Gasteiger charge is 2.24. The summed E-state index contributed by atoms with van der Waals surface area (Å²) in [6.07, 6.45) is 1.96. The minimum absolute atomic E-state index is 0.264. The van der Waals surface area contributed by atoms with Crippen molar-refractivity contribution in [1.29, 1.82) is 0 Å². The third kappa shape index (κ3) is 2.21. The zero-order valence-corrected chi connectivity index (χ0v) is 9.18. The number of anilines is 2. The SMILES string of the molecule is CC1CN(c2ccc(N)cn2)C(C)CO1. The Morgan fingerprint density at radius 1 is 1.47 bits per heavy atom. The Hall–Kier alpha value is -1.29. The van der Waals surface area contributed by atoms with E-state index in [-0.39, 0.29) is 6.10 Å². The van der Waals surface area contributed by atoms with E-state index in [2.05, 4.69) is 23.7 Å². The van der Waals surface area contributed by atoms with Gasteiger partial charge >= 0.3 is 0 Å². The summed E-state index contributed by atoms with van der Waals surface area (Å²) < 4.78 is 5.57. The van der Waals surface area contributed by atoms with Gasteiger partial charge in [0.05, 0.1) is 30.6 Å². The van der Waals surface area contributed by atoms with Crippen LogP contribution in [0.25, 0.3) is 0 Å². The molecule has 1 aliphatic heterocycles. The molecule has 1 aromatic heterocycles. The van der Waals surface area contributed by atoms with Crippen molar-refractivity contribution >= 4 is 11.5 Å². The Bertz CT molecular complexity index is 325. The molecular weight excluding hydrogens is 190 g/mol. The quantitative estimate of drug-likeness (QED) is 0.753. The minimum atomic E-state index is 0.264. The molecule has 2 rings (SSSR count). The molecular formula is C11H17N3O.